The number of fused-ring (bicyclic) bond motifs is 3. The third-order valence-electron chi connectivity index (χ3n) is 6.33. The molecule has 2 aromatic heterocycles. The molecule has 0 saturated heterocycles. The van der Waals surface area contributed by atoms with E-state index in [2.05, 4.69) is 28.1 Å². The second-order valence-electron chi connectivity index (χ2n) is 9.85. The first-order chi connectivity index (χ1) is 18.8. The fourth-order valence-corrected chi connectivity index (χ4v) is 5.57. The summed E-state index contributed by atoms with van der Waals surface area (Å²) in [6.45, 7) is 12.3. The van der Waals surface area contributed by atoms with E-state index in [-0.39, 0.29) is 18.2 Å². The van der Waals surface area contributed by atoms with Crippen LogP contribution in [-0.4, -0.2) is 57.7 Å². The molecule has 0 aliphatic heterocycles. The van der Waals surface area contributed by atoms with Gasteiger partial charge in [0.15, 0.2) is 5.82 Å². The SMILES string of the molecule is CCOCc1nc2c(N)nc3ccccc3c2n1C[C@@H](C)O[P@@](Oc1ccccc1)N(C)[C@@H](C)COC(C)C. The predicted molar refractivity (Wildman–Crippen MR) is 158 cm³/mol. The molecule has 39 heavy (non-hydrogen) atoms. The Kier molecular flexibility index (Phi) is 10.1. The zero-order valence-corrected chi connectivity index (χ0v) is 24.6. The molecule has 0 fully saturated rings. The van der Waals surface area contributed by atoms with Crippen LogP contribution in [-0.2, 0) is 27.1 Å². The number of aromatic nitrogens is 3. The van der Waals surface area contributed by atoms with Gasteiger partial charge in [0.25, 0.3) is 0 Å². The molecule has 0 aliphatic rings. The van der Waals surface area contributed by atoms with Crippen LogP contribution < -0.4 is 10.3 Å². The zero-order chi connectivity index (χ0) is 27.9. The van der Waals surface area contributed by atoms with Gasteiger partial charge in [0.1, 0.15) is 23.7 Å². The second-order valence-corrected chi connectivity index (χ2v) is 11.4. The summed E-state index contributed by atoms with van der Waals surface area (Å²) in [5.74, 6) is 1.95. The molecular weight excluding hydrogens is 513 g/mol. The minimum atomic E-state index is -1.44. The van der Waals surface area contributed by atoms with Crippen LogP contribution in [0.2, 0.25) is 0 Å². The summed E-state index contributed by atoms with van der Waals surface area (Å²) in [5.41, 5.74) is 8.80. The number of nitrogens with two attached hydrogens (primary N) is 1. The maximum absolute atomic E-state index is 6.64. The molecule has 0 radical (unpaired) electrons. The van der Waals surface area contributed by atoms with Gasteiger partial charge in [-0.05, 0) is 59.9 Å². The third-order valence-corrected chi connectivity index (χ3v) is 8.14. The number of para-hydroxylation sites is 2. The van der Waals surface area contributed by atoms with Crippen molar-refractivity contribution in [2.24, 2.45) is 0 Å². The highest BCUT2D eigenvalue weighted by molar-refractivity contribution is 7.45. The number of ether oxygens (including phenoxy) is 2. The number of benzene rings is 2. The van der Waals surface area contributed by atoms with Crippen molar-refractivity contribution in [2.75, 3.05) is 26.0 Å². The Balaban J connectivity index is 1.64. The Hall–Kier alpha value is -2.81. The summed E-state index contributed by atoms with van der Waals surface area (Å²) < 4.78 is 29.0. The molecule has 210 valence electrons. The van der Waals surface area contributed by atoms with Crippen molar-refractivity contribution in [3.05, 3.63) is 60.4 Å². The molecule has 9 nitrogen and oxygen atoms in total. The molecule has 0 aliphatic carbocycles. The van der Waals surface area contributed by atoms with Gasteiger partial charge in [-0.2, -0.15) is 0 Å². The normalized spacial score (nSPS) is 14.4. The van der Waals surface area contributed by atoms with Crippen molar-refractivity contribution in [1.82, 2.24) is 19.2 Å². The summed E-state index contributed by atoms with van der Waals surface area (Å²) in [6, 6.07) is 17.8. The van der Waals surface area contributed by atoms with E-state index in [1.165, 1.54) is 0 Å². The largest absolute Gasteiger partial charge is 0.436 e. The summed E-state index contributed by atoms with van der Waals surface area (Å²) in [7, 11) is 0.574. The monoisotopic (exact) mass is 553 g/mol. The van der Waals surface area contributed by atoms with Crippen LogP contribution in [0, 0.1) is 0 Å². The summed E-state index contributed by atoms with van der Waals surface area (Å²) in [4.78, 5) is 9.43. The average molecular weight is 554 g/mol. The number of hydrogen-bond acceptors (Lipinski definition) is 8. The van der Waals surface area contributed by atoms with Gasteiger partial charge >= 0.3 is 8.53 Å². The van der Waals surface area contributed by atoms with Gasteiger partial charge in [0.05, 0.1) is 36.4 Å². The highest BCUT2D eigenvalue weighted by Crippen LogP contribution is 2.45. The maximum atomic E-state index is 6.64. The molecule has 4 rings (SSSR count). The standard InChI is InChI=1S/C29H40N5O4P/c1-7-35-19-26-32-27-28(24-15-11-12-16-25(24)31-29(27)30)34(26)17-22(5)37-39(38-23-13-9-8-10-14-23)33(6)21(4)18-36-20(2)3/h8-16,20-22H,7,17-19H2,1-6H3,(H2,30,31)/t21-,22+,39-/m0/s1. The maximum Gasteiger partial charge on any atom is 0.321 e. The van der Waals surface area contributed by atoms with E-state index >= 15 is 0 Å². The average Bonchev–Trinajstić information content (AvgIpc) is 3.29. The van der Waals surface area contributed by atoms with E-state index in [9.17, 15) is 0 Å². The quantitative estimate of drug-likeness (QED) is 0.186. The van der Waals surface area contributed by atoms with E-state index < -0.39 is 8.53 Å². The van der Waals surface area contributed by atoms with Crippen molar-refractivity contribution in [1.29, 1.82) is 0 Å². The van der Waals surface area contributed by atoms with Crippen molar-refractivity contribution in [3.8, 4) is 5.75 Å². The number of imidazole rings is 1. The number of likely N-dealkylation sites (N-methyl/N-ethyl adjacent to an activating group) is 1. The van der Waals surface area contributed by atoms with Gasteiger partial charge in [0.2, 0.25) is 0 Å². The summed E-state index contributed by atoms with van der Waals surface area (Å²) >= 11 is 0. The van der Waals surface area contributed by atoms with Gasteiger partial charge < -0.3 is 28.8 Å². The number of rotatable bonds is 14. The number of nitrogens with zero attached hydrogens (tertiary/aromatic N) is 4. The highest BCUT2D eigenvalue weighted by Gasteiger charge is 2.28. The van der Waals surface area contributed by atoms with Crippen LogP contribution in [0.15, 0.2) is 54.6 Å². The zero-order valence-electron chi connectivity index (χ0n) is 23.7. The van der Waals surface area contributed by atoms with Crippen LogP contribution in [0.4, 0.5) is 5.82 Å². The van der Waals surface area contributed by atoms with E-state index in [4.69, 9.17) is 29.2 Å². The molecule has 3 atom stereocenters. The predicted octanol–water partition coefficient (Wildman–Crippen LogP) is 6.16. The lowest BCUT2D eigenvalue weighted by Crippen LogP contribution is -2.33. The van der Waals surface area contributed by atoms with Crippen molar-refractivity contribution < 1.29 is 18.5 Å². The van der Waals surface area contributed by atoms with Crippen LogP contribution in [0.1, 0.15) is 40.4 Å². The van der Waals surface area contributed by atoms with Gasteiger partial charge in [-0.3, -0.25) is 0 Å². The Morgan fingerprint density at radius 1 is 1.00 bits per heavy atom. The van der Waals surface area contributed by atoms with Crippen LogP contribution in [0.25, 0.3) is 21.9 Å². The van der Waals surface area contributed by atoms with Crippen molar-refractivity contribution >= 4 is 36.3 Å². The molecule has 2 heterocycles. The minimum Gasteiger partial charge on any atom is -0.436 e. The first-order valence-corrected chi connectivity index (χ1v) is 14.6. The summed E-state index contributed by atoms with van der Waals surface area (Å²) in [5, 5.41) is 0.989. The molecule has 0 spiro atoms. The highest BCUT2D eigenvalue weighted by atomic mass is 31.2. The lowest BCUT2D eigenvalue weighted by Gasteiger charge is -2.33. The Morgan fingerprint density at radius 2 is 1.72 bits per heavy atom. The third kappa shape index (κ3) is 7.24. The minimum absolute atomic E-state index is 0.0897. The smallest absolute Gasteiger partial charge is 0.321 e. The number of pyridine rings is 1. The van der Waals surface area contributed by atoms with Gasteiger partial charge in [-0.15, -0.1) is 0 Å². The van der Waals surface area contributed by atoms with Gasteiger partial charge in [-0.1, -0.05) is 36.4 Å². The Morgan fingerprint density at radius 3 is 2.44 bits per heavy atom. The van der Waals surface area contributed by atoms with Gasteiger partial charge in [-0.25, -0.2) is 14.6 Å². The lowest BCUT2D eigenvalue weighted by atomic mass is 10.2. The Labute approximate surface area is 232 Å². The second kappa shape index (κ2) is 13.5. The Bertz CT molecular complexity index is 1350. The fourth-order valence-electron chi connectivity index (χ4n) is 4.18. The number of anilines is 1. The molecular formula is C29H40N5O4P. The first-order valence-electron chi connectivity index (χ1n) is 13.4. The van der Waals surface area contributed by atoms with E-state index in [1.54, 1.807) is 0 Å². The molecule has 10 heteroatoms. The van der Waals surface area contributed by atoms with Gasteiger partial charge in [0, 0.05) is 18.0 Å². The summed E-state index contributed by atoms with van der Waals surface area (Å²) in [6.07, 6.45) is -0.0663. The van der Waals surface area contributed by atoms with Crippen LogP contribution in [0.5, 0.6) is 5.75 Å². The molecule has 4 aromatic rings. The van der Waals surface area contributed by atoms with E-state index in [0.717, 1.165) is 28.0 Å². The van der Waals surface area contributed by atoms with Crippen molar-refractivity contribution in [3.63, 3.8) is 0 Å². The molecule has 0 saturated carbocycles. The molecule has 0 unspecified atom stereocenters. The number of nitrogen functional groups attached to an aromatic ring is 1. The topological polar surface area (TPSA) is 96.9 Å². The van der Waals surface area contributed by atoms with Crippen LogP contribution >= 0.6 is 8.53 Å². The fraction of sp³-hybridized carbons (Fsp3) is 0.448. The van der Waals surface area contributed by atoms with E-state index in [0.29, 0.717) is 37.7 Å². The van der Waals surface area contributed by atoms with E-state index in [1.807, 2.05) is 82.4 Å². The molecule has 0 amide bonds. The first kappa shape index (κ1) is 29.2. The molecule has 2 aromatic carbocycles. The molecule has 0 bridgehead atoms. The van der Waals surface area contributed by atoms with Crippen LogP contribution in [0.3, 0.4) is 0 Å². The lowest BCUT2D eigenvalue weighted by molar-refractivity contribution is 0.0482. The number of hydrogen-bond donors (Lipinski definition) is 1. The van der Waals surface area contributed by atoms with Crippen molar-refractivity contribution in [2.45, 2.75) is 66.0 Å². The molecule has 2 N–H and O–H groups in total.